The van der Waals surface area contributed by atoms with E-state index in [9.17, 15) is 0 Å². The molecule has 2 aliphatic rings. The first-order valence-electron chi connectivity index (χ1n) is 9.24. The summed E-state index contributed by atoms with van der Waals surface area (Å²) in [6.07, 6.45) is 6.32. The summed E-state index contributed by atoms with van der Waals surface area (Å²) >= 11 is 0. The fourth-order valence-corrected chi connectivity index (χ4v) is 4.69. The molecule has 3 nitrogen and oxygen atoms in total. The third-order valence-corrected chi connectivity index (χ3v) is 10.00. The molecule has 0 aromatic heterocycles. The van der Waals surface area contributed by atoms with Crippen LogP contribution < -0.4 is 0 Å². The van der Waals surface area contributed by atoms with Gasteiger partial charge in [-0.25, -0.2) is 0 Å². The van der Waals surface area contributed by atoms with Gasteiger partial charge in [-0.1, -0.05) is 38.0 Å². The maximum Gasteiger partial charge on any atom is 0.201 e. The molecule has 1 aliphatic carbocycles. The Morgan fingerprint density at radius 1 is 1.12 bits per heavy atom. The number of allylic oxidation sites excluding steroid dienone is 2. The Balaban J connectivity index is 2.42. The van der Waals surface area contributed by atoms with Crippen molar-refractivity contribution in [3.63, 3.8) is 0 Å². The monoisotopic (exact) mass is 352 g/mol. The average Bonchev–Trinajstić information content (AvgIpc) is 2.43. The molecule has 1 unspecified atom stereocenters. The van der Waals surface area contributed by atoms with Crippen molar-refractivity contribution in [1.82, 2.24) is 0 Å². The molecule has 4 atom stereocenters. The molecule has 1 heterocycles. The summed E-state index contributed by atoms with van der Waals surface area (Å²) in [6.45, 7) is 20.0. The van der Waals surface area contributed by atoms with Gasteiger partial charge in [0, 0.05) is 6.42 Å². The van der Waals surface area contributed by atoms with Gasteiger partial charge in [0.1, 0.15) is 6.10 Å². The fourth-order valence-electron chi connectivity index (χ4n) is 3.45. The SMILES string of the molecule is CC1=C[C@@H](O[Si](C)(C)C(C)(C)C)C2(CC(C)=C1)O[C@H](C)C[C@H](C)O2. The highest BCUT2D eigenvalue weighted by molar-refractivity contribution is 6.74. The zero-order valence-corrected chi connectivity index (χ0v) is 18.0. The summed E-state index contributed by atoms with van der Waals surface area (Å²) in [7, 11) is -1.95. The predicted molar refractivity (Wildman–Crippen MR) is 103 cm³/mol. The van der Waals surface area contributed by atoms with E-state index in [4.69, 9.17) is 13.9 Å². The molecule has 24 heavy (non-hydrogen) atoms. The second-order valence-corrected chi connectivity index (χ2v) is 14.0. The van der Waals surface area contributed by atoms with E-state index in [0.717, 1.165) is 12.8 Å². The molecule has 1 saturated heterocycles. The highest BCUT2D eigenvalue weighted by Crippen LogP contribution is 2.44. The van der Waals surface area contributed by atoms with Gasteiger partial charge in [0.05, 0.1) is 12.2 Å². The van der Waals surface area contributed by atoms with Crippen molar-refractivity contribution in [2.45, 2.75) is 104 Å². The Morgan fingerprint density at radius 2 is 1.67 bits per heavy atom. The van der Waals surface area contributed by atoms with Crippen LogP contribution in [0.1, 0.15) is 61.3 Å². The summed E-state index contributed by atoms with van der Waals surface area (Å²) < 4.78 is 19.7. The van der Waals surface area contributed by atoms with Crippen LogP contribution in [-0.4, -0.2) is 32.4 Å². The van der Waals surface area contributed by atoms with Crippen molar-refractivity contribution in [3.8, 4) is 0 Å². The van der Waals surface area contributed by atoms with Crippen molar-refractivity contribution in [2.75, 3.05) is 0 Å². The first kappa shape index (κ1) is 19.9. The van der Waals surface area contributed by atoms with Gasteiger partial charge in [-0.05, 0) is 58.3 Å². The Labute approximate surface area is 149 Å². The quantitative estimate of drug-likeness (QED) is 0.607. The summed E-state index contributed by atoms with van der Waals surface area (Å²) in [5.41, 5.74) is 2.51. The molecule has 1 fully saturated rings. The molecule has 0 aromatic carbocycles. The van der Waals surface area contributed by atoms with E-state index in [1.807, 2.05) is 0 Å². The molecule has 0 saturated carbocycles. The highest BCUT2D eigenvalue weighted by atomic mass is 28.4. The normalized spacial score (nSPS) is 35.5. The summed E-state index contributed by atoms with van der Waals surface area (Å²) in [6, 6.07) is 0. The molecule has 0 radical (unpaired) electrons. The predicted octanol–water partition coefficient (Wildman–Crippen LogP) is 5.58. The van der Waals surface area contributed by atoms with E-state index in [2.05, 4.69) is 73.7 Å². The smallest absolute Gasteiger partial charge is 0.201 e. The van der Waals surface area contributed by atoms with Crippen molar-refractivity contribution in [2.24, 2.45) is 0 Å². The van der Waals surface area contributed by atoms with Crippen molar-refractivity contribution >= 4 is 8.32 Å². The summed E-state index contributed by atoms with van der Waals surface area (Å²) in [5, 5.41) is 0.149. The van der Waals surface area contributed by atoms with Gasteiger partial charge in [-0.2, -0.15) is 0 Å². The zero-order chi connectivity index (χ0) is 18.3. The minimum atomic E-state index is -1.95. The Bertz CT molecular complexity index is 517. The molecule has 1 aliphatic heterocycles. The van der Waals surface area contributed by atoms with Gasteiger partial charge in [-0.15, -0.1) is 0 Å². The molecule has 1 spiro atoms. The molecule has 2 rings (SSSR count). The van der Waals surface area contributed by atoms with Crippen LogP contribution >= 0.6 is 0 Å². The largest absolute Gasteiger partial charge is 0.405 e. The topological polar surface area (TPSA) is 27.7 Å². The third-order valence-electron chi connectivity index (χ3n) is 5.54. The lowest BCUT2D eigenvalue weighted by atomic mass is 9.99. The maximum atomic E-state index is 6.81. The van der Waals surface area contributed by atoms with Crippen LogP contribution in [-0.2, 0) is 13.9 Å². The molecule has 0 amide bonds. The van der Waals surface area contributed by atoms with Crippen molar-refractivity contribution in [3.05, 3.63) is 23.3 Å². The summed E-state index contributed by atoms with van der Waals surface area (Å²) in [5.74, 6) is -0.703. The second-order valence-electron chi connectivity index (χ2n) is 9.28. The standard InChI is InChI=1S/C20H36O3Si/c1-14-10-15(2)13-20(21-16(3)12-17(4)22-20)18(11-14)23-24(8,9)19(5,6)7/h10-11,16-18H,12-13H2,1-9H3/t16-,17+,18-,20?/m1/s1. The van der Waals surface area contributed by atoms with Crippen molar-refractivity contribution < 1.29 is 13.9 Å². The molecular weight excluding hydrogens is 316 g/mol. The van der Waals surface area contributed by atoms with Gasteiger partial charge in [0.2, 0.25) is 5.79 Å². The molecular formula is C20H36O3Si. The fraction of sp³-hybridized carbons (Fsp3) is 0.800. The van der Waals surface area contributed by atoms with E-state index in [-0.39, 0.29) is 23.4 Å². The second kappa shape index (κ2) is 6.71. The molecule has 4 heteroatoms. The van der Waals surface area contributed by atoms with Crippen LogP contribution in [0.3, 0.4) is 0 Å². The lowest BCUT2D eigenvalue weighted by Crippen LogP contribution is -2.58. The van der Waals surface area contributed by atoms with Crippen LogP contribution in [0, 0.1) is 0 Å². The zero-order valence-electron chi connectivity index (χ0n) is 17.0. The van der Waals surface area contributed by atoms with Gasteiger partial charge in [0.25, 0.3) is 0 Å². The first-order valence-corrected chi connectivity index (χ1v) is 12.1. The Morgan fingerprint density at radius 3 is 2.17 bits per heavy atom. The van der Waals surface area contributed by atoms with Crippen LogP contribution in [0.5, 0.6) is 0 Å². The number of hydrogen-bond donors (Lipinski definition) is 0. The van der Waals surface area contributed by atoms with E-state index in [1.165, 1.54) is 11.1 Å². The van der Waals surface area contributed by atoms with E-state index >= 15 is 0 Å². The lowest BCUT2D eigenvalue weighted by Gasteiger charge is -2.49. The molecule has 0 N–H and O–H groups in total. The van der Waals surface area contributed by atoms with E-state index < -0.39 is 14.1 Å². The maximum absolute atomic E-state index is 6.81. The first-order chi connectivity index (χ1) is 10.8. The Kier molecular flexibility index (Phi) is 5.56. The molecule has 0 bridgehead atoms. The van der Waals surface area contributed by atoms with Crippen LogP contribution in [0.25, 0.3) is 0 Å². The minimum Gasteiger partial charge on any atom is -0.405 e. The van der Waals surface area contributed by atoms with E-state index in [1.54, 1.807) is 0 Å². The van der Waals surface area contributed by atoms with Gasteiger partial charge in [0.15, 0.2) is 8.32 Å². The highest BCUT2D eigenvalue weighted by Gasteiger charge is 2.51. The minimum absolute atomic E-state index is 0.149. The summed E-state index contributed by atoms with van der Waals surface area (Å²) in [4.78, 5) is 0. The van der Waals surface area contributed by atoms with E-state index in [0.29, 0.717) is 0 Å². The van der Waals surface area contributed by atoms with Crippen molar-refractivity contribution in [1.29, 1.82) is 0 Å². The third kappa shape index (κ3) is 4.21. The van der Waals surface area contributed by atoms with Gasteiger partial charge >= 0.3 is 0 Å². The van der Waals surface area contributed by atoms with Gasteiger partial charge < -0.3 is 13.9 Å². The van der Waals surface area contributed by atoms with Crippen LogP contribution in [0.2, 0.25) is 18.1 Å². The average molecular weight is 353 g/mol. The number of hydrogen-bond acceptors (Lipinski definition) is 3. The lowest BCUT2D eigenvalue weighted by molar-refractivity contribution is -0.334. The number of ether oxygens (including phenoxy) is 2. The number of rotatable bonds is 2. The van der Waals surface area contributed by atoms with Crippen LogP contribution in [0.4, 0.5) is 0 Å². The van der Waals surface area contributed by atoms with Gasteiger partial charge in [-0.3, -0.25) is 0 Å². The Hall–Kier alpha value is -0.423. The molecule has 138 valence electrons. The van der Waals surface area contributed by atoms with Crippen LogP contribution in [0.15, 0.2) is 23.3 Å². The molecule has 0 aromatic rings.